The van der Waals surface area contributed by atoms with E-state index in [0.717, 1.165) is 0 Å². The van der Waals surface area contributed by atoms with Crippen LogP contribution in [0.4, 0.5) is 5.69 Å². The maximum absolute atomic E-state index is 12.6. The number of amides is 1. The summed E-state index contributed by atoms with van der Waals surface area (Å²) in [5, 5.41) is 5.80. The van der Waals surface area contributed by atoms with E-state index in [9.17, 15) is 4.79 Å². The van der Waals surface area contributed by atoms with Gasteiger partial charge in [-0.25, -0.2) is 0 Å². The van der Waals surface area contributed by atoms with E-state index in [-0.39, 0.29) is 11.0 Å². The maximum Gasteiger partial charge on any atom is 0.261 e. The first-order valence-electron chi connectivity index (χ1n) is 8.69. The van der Waals surface area contributed by atoms with Gasteiger partial charge in [0.1, 0.15) is 24.7 Å². The molecule has 8 heteroatoms. The van der Waals surface area contributed by atoms with Crippen LogP contribution in [0, 0.1) is 0 Å². The number of methoxy groups -OCH3 is 2. The molecular weight excluding hydrogens is 380 g/mol. The summed E-state index contributed by atoms with van der Waals surface area (Å²) < 4.78 is 21.1. The molecule has 0 fully saturated rings. The number of nitrogens with one attached hydrogen (secondary N) is 2. The molecule has 2 aromatic rings. The molecule has 0 aliphatic carbocycles. The van der Waals surface area contributed by atoms with Gasteiger partial charge in [-0.15, -0.1) is 0 Å². The number of anilines is 1. The minimum atomic E-state index is -0.363. The fourth-order valence-corrected chi connectivity index (χ4v) is 2.46. The van der Waals surface area contributed by atoms with Crippen molar-refractivity contribution in [3.8, 4) is 11.5 Å². The molecule has 2 aromatic carbocycles. The van der Waals surface area contributed by atoms with Gasteiger partial charge in [-0.3, -0.25) is 10.1 Å². The Morgan fingerprint density at radius 2 is 1.64 bits per heavy atom. The van der Waals surface area contributed by atoms with Crippen LogP contribution in [0.15, 0.2) is 48.5 Å². The summed E-state index contributed by atoms with van der Waals surface area (Å²) in [6, 6.07) is 14.2. The van der Waals surface area contributed by atoms with Gasteiger partial charge in [-0.1, -0.05) is 18.2 Å². The monoisotopic (exact) mass is 404 g/mol. The van der Waals surface area contributed by atoms with Crippen LogP contribution >= 0.6 is 12.2 Å². The largest absolute Gasteiger partial charge is 0.491 e. The zero-order chi connectivity index (χ0) is 20.2. The van der Waals surface area contributed by atoms with Gasteiger partial charge in [-0.05, 0) is 36.5 Å². The molecule has 2 rings (SSSR count). The summed E-state index contributed by atoms with van der Waals surface area (Å²) in [4.78, 5) is 12.6. The number of para-hydroxylation sites is 1. The molecule has 0 spiro atoms. The Balaban J connectivity index is 1.94. The Kier molecular flexibility index (Phi) is 9.20. The molecule has 0 saturated carbocycles. The van der Waals surface area contributed by atoms with Crippen molar-refractivity contribution in [2.24, 2.45) is 0 Å². The predicted octanol–water partition coefficient (Wildman–Crippen LogP) is 2.86. The van der Waals surface area contributed by atoms with E-state index in [1.165, 1.54) is 0 Å². The van der Waals surface area contributed by atoms with Crippen molar-refractivity contribution >= 4 is 28.9 Å². The summed E-state index contributed by atoms with van der Waals surface area (Å²) in [7, 11) is 3.20. The van der Waals surface area contributed by atoms with Crippen LogP contribution < -0.4 is 20.1 Å². The zero-order valence-corrected chi connectivity index (χ0v) is 16.7. The van der Waals surface area contributed by atoms with Gasteiger partial charge in [-0.2, -0.15) is 0 Å². The Morgan fingerprint density at radius 1 is 0.929 bits per heavy atom. The highest BCUT2D eigenvalue weighted by Crippen LogP contribution is 2.19. The first kappa shape index (κ1) is 21.6. The number of carbonyl (C=O) groups excluding carboxylic acids is 1. The highest BCUT2D eigenvalue weighted by atomic mass is 32.1. The van der Waals surface area contributed by atoms with Crippen molar-refractivity contribution in [1.82, 2.24) is 5.32 Å². The van der Waals surface area contributed by atoms with Gasteiger partial charge in [0.2, 0.25) is 0 Å². The maximum atomic E-state index is 12.6. The van der Waals surface area contributed by atoms with Crippen LogP contribution in [0.25, 0.3) is 0 Å². The third-order valence-corrected chi connectivity index (χ3v) is 3.76. The number of thiocarbonyl (C=S) groups is 1. The van der Waals surface area contributed by atoms with E-state index in [2.05, 4.69) is 10.6 Å². The number of hydrogen-bond acceptors (Lipinski definition) is 6. The molecule has 7 nitrogen and oxygen atoms in total. The average Bonchev–Trinajstić information content (AvgIpc) is 2.69. The Bertz CT molecular complexity index is 785. The lowest BCUT2D eigenvalue weighted by Crippen LogP contribution is -2.34. The first-order chi connectivity index (χ1) is 13.6. The third-order valence-electron chi connectivity index (χ3n) is 3.55. The van der Waals surface area contributed by atoms with Gasteiger partial charge in [0.05, 0.1) is 18.8 Å². The quantitative estimate of drug-likeness (QED) is 0.466. The van der Waals surface area contributed by atoms with E-state index in [4.69, 9.17) is 31.2 Å². The molecule has 0 radical (unpaired) electrons. The minimum absolute atomic E-state index is 0.172. The molecule has 2 N–H and O–H groups in total. The lowest BCUT2D eigenvalue weighted by molar-refractivity contribution is 0.0970. The third kappa shape index (κ3) is 7.15. The van der Waals surface area contributed by atoms with Crippen molar-refractivity contribution in [1.29, 1.82) is 0 Å². The molecule has 0 aromatic heterocycles. The second kappa shape index (κ2) is 11.9. The van der Waals surface area contributed by atoms with Crippen LogP contribution in [0.3, 0.4) is 0 Å². The van der Waals surface area contributed by atoms with E-state index < -0.39 is 0 Å². The van der Waals surface area contributed by atoms with Crippen LogP contribution in [0.5, 0.6) is 11.5 Å². The molecule has 0 bridgehead atoms. The molecule has 0 aliphatic rings. The lowest BCUT2D eigenvalue weighted by atomic mass is 10.2. The van der Waals surface area contributed by atoms with Gasteiger partial charge < -0.3 is 24.3 Å². The minimum Gasteiger partial charge on any atom is -0.491 e. The topological polar surface area (TPSA) is 78.1 Å². The number of carbonyl (C=O) groups is 1. The average molecular weight is 404 g/mol. The summed E-state index contributed by atoms with van der Waals surface area (Å²) in [5.41, 5.74) is 1.09. The molecule has 28 heavy (non-hydrogen) atoms. The summed E-state index contributed by atoms with van der Waals surface area (Å²) in [5.74, 6) is 0.777. The van der Waals surface area contributed by atoms with Crippen LogP contribution in [-0.4, -0.2) is 51.7 Å². The molecule has 0 unspecified atom stereocenters. The normalized spacial score (nSPS) is 10.2. The zero-order valence-electron chi connectivity index (χ0n) is 15.9. The van der Waals surface area contributed by atoms with E-state index in [1.54, 1.807) is 44.6 Å². The molecule has 0 heterocycles. The van der Waals surface area contributed by atoms with Gasteiger partial charge in [0.25, 0.3) is 5.91 Å². The second-order valence-electron chi connectivity index (χ2n) is 5.61. The van der Waals surface area contributed by atoms with Gasteiger partial charge in [0, 0.05) is 26.0 Å². The summed E-state index contributed by atoms with van der Waals surface area (Å²) in [6.07, 6.45) is 0. The molecule has 1 amide bonds. The Labute approximate surface area is 169 Å². The Morgan fingerprint density at radius 3 is 2.39 bits per heavy atom. The van der Waals surface area contributed by atoms with Crippen LogP contribution in [0.1, 0.15) is 10.4 Å². The smallest absolute Gasteiger partial charge is 0.261 e. The van der Waals surface area contributed by atoms with Crippen molar-refractivity contribution in [2.45, 2.75) is 0 Å². The van der Waals surface area contributed by atoms with Crippen molar-refractivity contribution in [2.75, 3.05) is 46.0 Å². The Hall–Kier alpha value is -2.68. The summed E-state index contributed by atoms with van der Waals surface area (Å²) in [6.45, 7) is 1.72. The fraction of sp³-hybridized carbons (Fsp3) is 0.300. The summed E-state index contributed by atoms with van der Waals surface area (Å²) >= 11 is 5.25. The van der Waals surface area contributed by atoms with Gasteiger partial charge in [0.15, 0.2) is 5.11 Å². The molecule has 0 saturated heterocycles. The van der Waals surface area contributed by atoms with Crippen LogP contribution in [-0.2, 0) is 9.47 Å². The number of benzene rings is 2. The second-order valence-corrected chi connectivity index (χ2v) is 6.02. The number of hydrogen-bond donors (Lipinski definition) is 2. The number of rotatable bonds is 10. The predicted molar refractivity (Wildman–Crippen MR) is 111 cm³/mol. The van der Waals surface area contributed by atoms with Crippen molar-refractivity contribution in [3.05, 3.63) is 54.1 Å². The first-order valence-corrected chi connectivity index (χ1v) is 9.09. The molecule has 0 aliphatic heterocycles. The molecule has 150 valence electrons. The SMILES string of the molecule is COCCOc1cccc(NC(=S)NC(=O)c2ccccc2OCCOC)c1. The molecule has 0 atom stereocenters. The highest BCUT2D eigenvalue weighted by Gasteiger charge is 2.13. The fourth-order valence-electron chi connectivity index (χ4n) is 2.25. The lowest BCUT2D eigenvalue weighted by Gasteiger charge is -2.13. The van der Waals surface area contributed by atoms with Crippen molar-refractivity contribution < 1.29 is 23.7 Å². The highest BCUT2D eigenvalue weighted by molar-refractivity contribution is 7.80. The van der Waals surface area contributed by atoms with Crippen LogP contribution in [0.2, 0.25) is 0 Å². The molecular formula is C20H24N2O5S. The van der Waals surface area contributed by atoms with E-state index in [1.807, 2.05) is 18.2 Å². The number of ether oxygens (including phenoxy) is 4. The van der Waals surface area contributed by atoms with E-state index in [0.29, 0.717) is 49.2 Å². The van der Waals surface area contributed by atoms with Gasteiger partial charge >= 0.3 is 0 Å². The van der Waals surface area contributed by atoms with Crippen molar-refractivity contribution in [3.63, 3.8) is 0 Å². The van der Waals surface area contributed by atoms with E-state index >= 15 is 0 Å². The standard InChI is InChI=1S/C20H24N2O5S/c1-24-10-12-26-16-7-5-6-15(14-16)21-20(28)22-19(23)17-8-3-4-9-18(17)27-13-11-25-2/h3-9,14H,10-13H2,1-2H3,(H2,21,22,23,28).